The monoisotopic (exact) mass is 251 g/mol. The van der Waals surface area contributed by atoms with Crippen LogP contribution >= 0.6 is 11.6 Å². The molecule has 17 heavy (non-hydrogen) atoms. The van der Waals surface area contributed by atoms with Crippen LogP contribution in [0.15, 0.2) is 18.2 Å². The molecule has 0 bridgehead atoms. The second-order valence-electron chi connectivity index (χ2n) is 4.44. The minimum Gasteiger partial charge on any atom is -0.381 e. The number of hydrogen-bond acceptors (Lipinski definition) is 3. The van der Waals surface area contributed by atoms with E-state index in [9.17, 15) is 0 Å². The van der Waals surface area contributed by atoms with Crippen molar-refractivity contribution in [2.45, 2.75) is 13.0 Å². The maximum atomic E-state index is 5.95. The number of rotatable bonds is 2. The van der Waals surface area contributed by atoms with E-state index in [4.69, 9.17) is 22.1 Å². The van der Waals surface area contributed by atoms with Gasteiger partial charge in [-0.1, -0.05) is 11.6 Å². The van der Waals surface area contributed by atoms with Crippen LogP contribution in [0.25, 0.3) is 11.0 Å². The Kier molecular flexibility index (Phi) is 2.68. The highest BCUT2D eigenvalue weighted by Crippen LogP contribution is 2.24. The molecule has 0 saturated carbocycles. The summed E-state index contributed by atoms with van der Waals surface area (Å²) in [5.74, 6) is 1.08. The van der Waals surface area contributed by atoms with Crippen LogP contribution in [0.4, 0.5) is 5.95 Å². The number of anilines is 1. The van der Waals surface area contributed by atoms with Gasteiger partial charge in [-0.2, -0.15) is 0 Å². The van der Waals surface area contributed by atoms with Crippen molar-refractivity contribution in [2.75, 3.05) is 18.9 Å². The van der Waals surface area contributed by atoms with E-state index in [1.807, 2.05) is 22.8 Å². The molecule has 4 nitrogen and oxygen atoms in total. The highest BCUT2D eigenvalue weighted by molar-refractivity contribution is 6.31. The molecule has 3 rings (SSSR count). The van der Waals surface area contributed by atoms with Crippen molar-refractivity contribution in [1.82, 2.24) is 9.55 Å². The van der Waals surface area contributed by atoms with Gasteiger partial charge in [-0.3, -0.25) is 0 Å². The summed E-state index contributed by atoms with van der Waals surface area (Å²) < 4.78 is 7.43. The number of imidazole rings is 1. The third kappa shape index (κ3) is 1.98. The molecule has 1 aliphatic rings. The maximum absolute atomic E-state index is 5.95. The molecule has 1 atom stereocenters. The van der Waals surface area contributed by atoms with E-state index in [1.165, 1.54) is 0 Å². The van der Waals surface area contributed by atoms with Crippen LogP contribution in [-0.4, -0.2) is 22.8 Å². The summed E-state index contributed by atoms with van der Waals surface area (Å²) in [5, 5.41) is 0.686. The summed E-state index contributed by atoms with van der Waals surface area (Å²) in [7, 11) is 0. The van der Waals surface area contributed by atoms with Crippen molar-refractivity contribution in [2.24, 2.45) is 5.92 Å². The summed E-state index contributed by atoms with van der Waals surface area (Å²) in [4.78, 5) is 4.33. The quantitative estimate of drug-likeness (QED) is 0.891. The van der Waals surface area contributed by atoms with Gasteiger partial charge in [-0.25, -0.2) is 4.98 Å². The van der Waals surface area contributed by atoms with E-state index in [0.29, 0.717) is 16.9 Å². The fourth-order valence-corrected chi connectivity index (χ4v) is 2.47. The second kappa shape index (κ2) is 4.20. The molecule has 1 aromatic carbocycles. The molecule has 2 N–H and O–H groups in total. The van der Waals surface area contributed by atoms with E-state index in [2.05, 4.69) is 4.98 Å². The number of aromatic nitrogens is 2. The van der Waals surface area contributed by atoms with Crippen LogP contribution in [0.5, 0.6) is 0 Å². The maximum Gasteiger partial charge on any atom is 0.201 e. The lowest BCUT2D eigenvalue weighted by Crippen LogP contribution is -2.12. The first kappa shape index (κ1) is 10.9. The molecular weight excluding hydrogens is 238 g/mol. The summed E-state index contributed by atoms with van der Waals surface area (Å²) in [6.07, 6.45) is 1.09. The van der Waals surface area contributed by atoms with Crippen LogP contribution in [-0.2, 0) is 11.3 Å². The van der Waals surface area contributed by atoms with E-state index in [0.717, 1.165) is 37.2 Å². The standard InChI is InChI=1S/C12H14ClN3O/c13-9-1-2-11-10(5-9)15-12(14)16(11)6-8-3-4-17-7-8/h1-2,5,8H,3-4,6-7H2,(H2,14,15). The van der Waals surface area contributed by atoms with Crippen molar-refractivity contribution in [3.63, 3.8) is 0 Å². The Morgan fingerprint density at radius 2 is 2.41 bits per heavy atom. The number of benzene rings is 1. The Bertz CT molecular complexity index is 546. The lowest BCUT2D eigenvalue weighted by Gasteiger charge is -2.10. The first-order chi connectivity index (χ1) is 8.24. The zero-order valence-electron chi connectivity index (χ0n) is 9.40. The van der Waals surface area contributed by atoms with Gasteiger partial charge >= 0.3 is 0 Å². The summed E-state index contributed by atoms with van der Waals surface area (Å²) in [6.45, 7) is 2.53. The Morgan fingerprint density at radius 3 is 3.18 bits per heavy atom. The van der Waals surface area contributed by atoms with Crippen molar-refractivity contribution in [1.29, 1.82) is 0 Å². The number of nitrogens with zero attached hydrogens (tertiary/aromatic N) is 2. The number of hydrogen-bond donors (Lipinski definition) is 1. The molecule has 0 spiro atoms. The third-order valence-corrected chi connectivity index (χ3v) is 3.44. The number of fused-ring (bicyclic) bond motifs is 1. The molecule has 0 aliphatic carbocycles. The zero-order chi connectivity index (χ0) is 11.8. The normalized spacial score (nSPS) is 20.2. The first-order valence-corrected chi connectivity index (χ1v) is 6.11. The molecule has 2 heterocycles. The lowest BCUT2D eigenvalue weighted by atomic mass is 10.1. The Morgan fingerprint density at radius 1 is 1.53 bits per heavy atom. The Hall–Kier alpha value is -1.26. The van der Waals surface area contributed by atoms with Gasteiger partial charge in [0.15, 0.2) is 0 Å². The SMILES string of the molecule is Nc1nc2cc(Cl)ccc2n1CC1CCOC1. The van der Waals surface area contributed by atoms with Gasteiger partial charge in [0.2, 0.25) is 5.95 Å². The van der Waals surface area contributed by atoms with Gasteiger partial charge in [-0.15, -0.1) is 0 Å². The largest absolute Gasteiger partial charge is 0.381 e. The lowest BCUT2D eigenvalue weighted by molar-refractivity contribution is 0.183. The third-order valence-electron chi connectivity index (χ3n) is 3.20. The van der Waals surface area contributed by atoms with Crippen molar-refractivity contribution >= 4 is 28.6 Å². The number of ether oxygens (including phenoxy) is 1. The topological polar surface area (TPSA) is 53.1 Å². The van der Waals surface area contributed by atoms with E-state index in [1.54, 1.807) is 0 Å². The van der Waals surface area contributed by atoms with Gasteiger partial charge in [0.25, 0.3) is 0 Å². The van der Waals surface area contributed by atoms with Crippen LogP contribution in [0, 0.1) is 5.92 Å². The van der Waals surface area contributed by atoms with Gasteiger partial charge in [0, 0.05) is 24.1 Å². The molecule has 0 amide bonds. The van der Waals surface area contributed by atoms with E-state index < -0.39 is 0 Å². The molecule has 1 aliphatic heterocycles. The van der Waals surface area contributed by atoms with Crippen LogP contribution in [0.2, 0.25) is 5.02 Å². The smallest absolute Gasteiger partial charge is 0.201 e. The Labute approximate surface area is 104 Å². The predicted octanol–water partition coefficient (Wildman–Crippen LogP) is 2.31. The summed E-state index contributed by atoms with van der Waals surface area (Å²) in [5.41, 5.74) is 7.85. The molecule has 1 fully saturated rings. The van der Waals surface area contributed by atoms with Crippen LogP contribution < -0.4 is 5.73 Å². The van der Waals surface area contributed by atoms with Gasteiger partial charge in [0.05, 0.1) is 17.6 Å². The zero-order valence-corrected chi connectivity index (χ0v) is 10.2. The molecule has 1 unspecified atom stereocenters. The summed E-state index contributed by atoms with van der Waals surface area (Å²) in [6, 6.07) is 5.68. The van der Waals surface area contributed by atoms with Gasteiger partial charge in [-0.05, 0) is 24.6 Å². The average molecular weight is 252 g/mol. The molecule has 1 saturated heterocycles. The van der Waals surface area contributed by atoms with Crippen molar-refractivity contribution in [3.8, 4) is 0 Å². The summed E-state index contributed by atoms with van der Waals surface area (Å²) >= 11 is 5.94. The first-order valence-electron chi connectivity index (χ1n) is 5.73. The molecule has 5 heteroatoms. The number of nitrogens with two attached hydrogens (primary N) is 1. The van der Waals surface area contributed by atoms with E-state index in [-0.39, 0.29) is 0 Å². The number of halogens is 1. The minimum absolute atomic E-state index is 0.533. The van der Waals surface area contributed by atoms with Crippen LogP contribution in [0.3, 0.4) is 0 Å². The van der Waals surface area contributed by atoms with Crippen LogP contribution in [0.1, 0.15) is 6.42 Å². The van der Waals surface area contributed by atoms with Crippen molar-refractivity contribution in [3.05, 3.63) is 23.2 Å². The molecule has 2 aromatic rings. The van der Waals surface area contributed by atoms with Crippen molar-refractivity contribution < 1.29 is 4.74 Å². The molecule has 1 aromatic heterocycles. The average Bonchev–Trinajstić information content (AvgIpc) is 2.88. The molecular formula is C12H14ClN3O. The fourth-order valence-electron chi connectivity index (χ4n) is 2.30. The Balaban J connectivity index is 1.99. The van der Waals surface area contributed by atoms with Gasteiger partial charge < -0.3 is 15.0 Å². The van der Waals surface area contributed by atoms with Gasteiger partial charge in [0.1, 0.15) is 0 Å². The molecule has 0 radical (unpaired) electrons. The fraction of sp³-hybridized carbons (Fsp3) is 0.417. The minimum atomic E-state index is 0.533. The highest BCUT2D eigenvalue weighted by atomic mass is 35.5. The van der Waals surface area contributed by atoms with E-state index >= 15 is 0 Å². The molecule has 90 valence electrons. The highest BCUT2D eigenvalue weighted by Gasteiger charge is 2.18. The predicted molar refractivity (Wildman–Crippen MR) is 68.1 cm³/mol. The number of nitrogen functional groups attached to an aromatic ring is 1. The second-order valence-corrected chi connectivity index (χ2v) is 4.88.